The molecule has 1 N–H and O–H groups in total. The molecule has 14 heavy (non-hydrogen) atoms. The van der Waals surface area contributed by atoms with Gasteiger partial charge in [0.15, 0.2) is 8.32 Å². The molecule has 4 nitrogen and oxygen atoms in total. The highest BCUT2D eigenvalue weighted by atomic mass is 28.4. The first kappa shape index (κ1) is 11.4. The molecule has 0 aromatic heterocycles. The topological polar surface area (TPSA) is 63.6 Å². The largest absolute Gasteiger partial charge is 0.432 e. The summed E-state index contributed by atoms with van der Waals surface area (Å²) in [5.41, 5.74) is 0. The van der Waals surface area contributed by atoms with E-state index in [-0.39, 0.29) is 12.3 Å². The summed E-state index contributed by atoms with van der Waals surface area (Å²) in [6.45, 7) is 3.73. The quantitative estimate of drug-likeness (QED) is 0.433. The molecule has 0 bridgehead atoms. The van der Waals surface area contributed by atoms with Crippen LogP contribution in [0.25, 0.3) is 0 Å². The van der Waals surface area contributed by atoms with Crippen LogP contribution >= 0.6 is 0 Å². The van der Waals surface area contributed by atoms with Gasteiger partial charge in [0.2, 0.25) is 0 Å². The van der Waals surface area contributed by atoms with Crippen LogP contribution in [0.3, 0.4) is 0 Å². The number of carbonyl (C=O) groups excluding carboxylic acids is 2. The van der Waals surface area contributed by atoms with Crippen LogP contribution < -0.4 is 0 Å². The minimum atomic E-state index is -2.01. The zero-order valence-electron chi connectivity index (χ0n) is 8.58. The molecular weight excluding hydrogens is 200 g/mol. The normalized spacial score (nSPS) is 22.6. The van der Waals surface area contributed by atoms with Gasteiger partial charge in [0.05, 0.1) is 12.3 Å². The van der Waals surface area contributed by atoms with E-state index < -0.39 is 20.3 Å². The van der Waals surface area contributed by atoms with Gasteiger partial charge in [-0.15, -0.1) is 0 Å². The zero-order chi connectivity index (χ0) is 10.8. The van der Waals surface area contributed by atoms with Crippen LogP contribution in [-0.2, 0) is 14.3 Å². The molecule has 1 rings (SSSR count). The second-order valence-electron chi connectivity index (χ2n) is 4.40. The van der Waals surface area contributed by atoms with Crippen LogP contribution in [0.5, 0.6) is 0 Å². The Labute approximate surface area is 84.4 Å². The summed E-state index contributed by atoms with van der Waals surface area (Å²) in [5.74, 6) is -1.08. The van der Waals surface area contributed by atoms with Gasteiger partial charge in [-0.1, -0.05) is 6.42 Å². The van der Waals surface area contributed by atoms with Gasteiger partial charge in [0.25, 0.3) is 0 Å². The molecule has 0 amide bonds. The molecule has 1 fully saturated rings. The van der Waals surface area contributed by atoms with E-state index in [0.717, 1.165) is 12.5 Å². The maximum atomic E-state index is 11.0. The average Bonchev–Trinajstić information content (AvgIpc) is 2.27. The van der Waals surface area contributed by atoms with Gasteiger partial charge in [0, 0.05) is 0 Å². The van der Waals surface area contributed by atoms with Crippen molar-refractivity contribution in [2.24, 2.45) is 5.92 Å². The maximum absolute atomic E-state index is 11.0. The summed E-state index contributed by atoms with van der Waals surface area (Å²) in [6, 6.07) is 0.769. The summed E-state index contributed by atoms with van der Waals surface area (Å²) >= 11 is 0. The van der Waals surface area contributed by atoms with Crippen molar-refractivity contribution in [2.75, 3.05) is 0 Å². The van der Waals surface area contributed by atoms with Crippen LogP contribution in [0.4, 0.5) is 0 Å². The van der Waals surface area contributed by atoms with E-state index in [0.29, 0.717) is 6.42 Å². The molecule has 1 aliphatic heterocycles. The van der Waals surface area contributed by atoms with Crippen LogP contribution in [-0.4, -0.2) is 25.1 Å². The molecule has 80 valence electrons. The Bertz CT molecular complexity index is 244. The predicted octanol–water partition coefficient (Wildman–Crippen LogP) is 1.05. The molecular formula is C9H16O4Si. The Kier molecular flexibility index (Phi) is 3.44. The van der Waals surface area contributed by atoms with E-state index >= 15 is 0 Å². The van der Waals surface area contributed by atoms with Crippen molar-refractivity contribution in [1.29, 1.82) is 0 Å². The average molecular weight is 216 g/mol. The maximum Gasteiger partial charge on any atom is 0.317 e. The monoisotopic (exact) mass is 216 g/mol. The van der Waals surface area contributed by atoms with E-state index in [2.05, 4.69) is 4.74 Å². The molecule has 0 aromatic rings. The van der Waals surface area contributed by atoms with Crippen molar-refractivity contribution in [1.82, 2.24) is 0 Å². The number of cyclic esters (lactones) is 2. The number of esters is 2. The summed E-state index contributed by atoms with van der Waals surface area (Å²) in [5, 5.41) is 0. The molecule has 1 saturated heterocycles. The highest BCUT2D eigenvalue weighted by molar-refractivity contribution is 6.69. The molecule has 0 aliphatic carbocycles. The summed E-state index contributed by atoms with van der Waals surface area (Å²) in [7, 11) is -2.01. The Morgan fingerprint density at radius 3 is 2.57 bits per heavy atom. The lowest BCUT2D eigenvalue weighted by Crippen LogP contribution is -2.24. The van der Waals surface area contributed by atoms with Gasteiger partial charge in [-0.25, -0.2) is 0 Å². The minimum absolute atomic E-state index is 0.215. The fourth-order valence-corrected chi connectivity index (χ4v) is 2.59. The van der Waals surface area contributed by atoms with E-state index in [9.17, 15) is 14.4 Å². The third kappa shape index (κ3) is 3.59. The van der Waals surface area contributed by atoms with Gasteiger partial charge < -0.3 is 9.53 Å². The highest BCUT2D eigenvalue weighted by Gasteiger charge is 2.33. The van der Waals surface area contributed by atoms with Crippen LogP contribution in [0.15, 0.2) is 0 Å². The summed E-state index contributed by atoms with van der Waals surface area (Å²) in [6.07, 6.45) is 1.66. The van der Waals surface area contributed by atoms with Crippen molar-refractivity contribution in [3.8, 4) is 0 Å². The summed E-state index contributed by atoms with van der Waals surface area (Å²) in [4.78, 5) is 31.4. The van der Waals surface area contributed by atoms with Crippen molar-refractivity contribution in [3.63, 3.8) is 0 Å². The van der Waals surface area contributed by atoms with Crippen LogP contribution in [0, 0.1) is 5.92 Å². The van der Waals surface area contributed by atoms with Crippen molar-refractivity contribution in [2.45, 2.75) is 38.4 Å². The van der Waals surface area contributed by atoms with Gasteiger partial charge in [-0.05, 0) is 25.6 Å². The van der Waals surface area contributed by atoms with Gasteiger partial charge in [-0.2, -0.15) is 0 Å². The second-order valence-corrected chi connectivity index (χ2v) is 8.52. The number of carbonyl (C=O) groups is 2. The minimum Gasteiger partial charge on any atom is -0.432 e. The van der Waals surface area contributed by atoms with Crippen molar-refractivity contribution >= 4 is 20.3 Å². The Hall–Kier alpha value is -0.683. The van der Waals surface area contributed by atoms with Gasteiger partial charge in [0.1, 0.15) is 0 Å². The first-order valence-electron chi connectivity index (χ1n) is 4.85. The molecule has 1 atom stereocenters. The predicted molar refractivity (Wildman–Crippen MR) is 52.9 cm³/mol. The third-order valence-electron chi connectivity index (χ3n) is 2.30. The van der Waals surface area contributed by atoms with E-state index in [1.165, 1.54) is 0 Å². The highest BCUT2D eigenvalue weighted by Crippen LogP contribution is 2.23. The molecule has 5 heteroatoms. The molecule has 1 unspecified atom stereocenters. The third-order valence-corrected chi connectivity index (χ3v) is 3.88. The molecule has 0 spiro atoms. The van der Waals surface area contributed by atoms with E-state index in [1.807, 2.05) is 13.1 Å². The Morgan fingerprint density at radius 1 is 1.50 bits per heavy atom. The first-order chi connectivity index (χ1) is 6.38. The molecule has 0 aromatic carbocycles. The molecule has 1 heterocycles. The van der Waals surface area contributed by atoms with Crippen LogP contribution in [0.2, 0.25) is 19.1 Å². The summed E-state index contributed by atoms with van der Waals surface area (Å²) < 4.78 is 4.43. The Balaban J connectivity index is 2.26. The fourth-order valence-electron chi connectivity index (χ4n) is 1.52. The lowest BCUT2D eigenvalue weighted by Gasteiger charge is -2.13. The number of hydrogen-bond donors (Lipinski definition) is 1. The van der Waals surface area contributed by atoms with Crippen LogP contribution in [0.1, 0.15) is 19.3 Å². The molecule has 0 radical (unpaired) electrons. The second kappa shape index (κ2) is 4.23. The lowest BCUT2D eigenvalue weighted by molar-refractivity contribution is -0.153. The Morgan fingerprint density at radius 2 is 2.14 bits per heavy atom. The van der Waals surface area contributed by atoms with E-state index in [1.54, 1.807) is 0 Å². The van der Waals surface area contributed by atoms with Crippen molar-refractivity contribution < 1.29 is 19.1 Å². The smallest absolute Gasteiger partial charge is 0.317 e. The first-order valence-corrected chi connectivity index (χ1v) is 8.01. The number of hydrogen-bond acceptors (Lipinski definition) is 4. The fraction of sp³-hybridized carbons (Fsp3) is 0.778. The lowest BCUT2D eigenvalue weighted by atomic mass is 10.0. The number of rotatable bonds is 4. The SMILES string of the molecule is C[Si](C)(O)CCCC1CC(=O)OC1=O. The number of ether oxygens (including phenoxy) is 1. The van der Waals surface area contributed by atoms with Gasteiger partial charge in [-0.3, -0.25) is 9.59 Å². The van der Waals surface area contributed by atoms with Crippen molar-refractivity contribution in [3.05, 3.63) is 0 Å². The zero-order valence-corrected chi connectivity index (χ0v) is 9.58. The molecule has 1 aliphatic rings. The molecule has 0 saturated carbocycles. The van der Waals surface area contributed by atoms with Gasteiger partial charge >= 0.3 is 11.9 Å². The van der Waals surface area contributed by atoms with E-state index in [4.69, 9.17) is 0 Å². The standard InChI is InChI=1S/C9H16O4Si/c1-14(2,12)5-3-4-7-6-8(10)13-9(7)11/h7,12H,3-6H2,1-2H3.